The highest BCUT2D eigenvalue weighted by atomic mass is 16.5. The fourth-order valence-electron chi connectivity index (χ4n) is 2.36. The maximum absolute atomic E-state index is 10.1. The van der Waals surface area contributed by atoms with Crippen LogP contribution in [0.4, 0.5) is 0 Å². The van der Waals surface area contributed by atoms with Crippen LogP contribution in [-0.4, -0.2) is 37.6 Å². The summed E-state index contributed by atoms with van der Waals surface area (Å²) in [7, 11) is 0. The highest BCUT2D eigenvalue weighted by molar-refractivity contribution is 5.45. The van der Waals surface area contributed by atoms with E-state index in [4.69, 9.17) is 4.74 Å². The molecule has 0 saturated carbocycles. The predicted molar refractivity (Wildman–Crippen MR) is 75.1 cm³/mol. The SMILES string of the molecule is O=CNCCCOc1cccc(CN2CCCC2)c1. The lowest BCUT2D eigenvalue weighted by molar-refractivity contribution is -0.109. The van der Waals surface area contributed by atoms with Crippen molar-refractivity contribution >= 4 is 6.41 Å². The van der Waals surface area contributed by atoms with Crippen LogP contribution >= 0.6 is 0 Å². The first kappa shape index (κ1) is 13.9. The minimum Gasteiger partial charge on any atom is -0.494 e. The van der Waals surface area contributed by atoms with E-state index in [1.165, 1.54) is 31.5 Å². The van der Waals surface area contributed by atoms with Crippen LogP contribution in [0.5, 0.6) is 5.75 Å². The molecule has 4 heteroatoms. The Morgan fingerprint density at radius 2 is 2.16 bits per heavy atom. The largest absolute Gasteiger partial charge is 0.494 e. The highest BCUT2D eigenvalue weighted by Gasteiger charge is 2.11. The molecule has 1 fully saturated rings. The van der Waals surface area contributed by atoms with Gasteiger partial charge in [-0.25, -0.2) is 0 Å². The molecule has 0 bridgehead atoms. The zero-order valence-corrected chi connectivity index (χ0v) is 11.3. The van der Waals surface area contributed by atoms with Crippen molar-refractivity contribution in [3.63, 3.8) is 0 Å². The molecule has 1 aliphatic rings. The van der Waals surface area contributed by atoms with Crippen LogP contribution in [0.15, 0.2) is 24.3 Å². The van der Waals surface area contributed by atoms with Gasteiger partial charge in [-0.1, -0.05) is 12.1 Å². The number of hydrogen-bond donors (Lipinski definition) is 1. The molecule has 1 amide bonds. The first-order valence-corrected chi connectivity index (χ1v) is 6.99. The highest BCUT2D eigenvalue weighted by Crippen LogP contribution is 2.17. The number of carbonyl (C=O) groups is 1. The minimum atomic E-state index is 0.633. The molecule has 2 rings (SSSR count). The van der Waals surface area contributed by atoms with Crippen LogP contribution in [0.3, 0.4) is 0 Å². The van der Waals surface area contributed by atoms with E-state index in [2.05, 4.69) is 22.3 Å². The lowest BCUT2D eigenvalue weighted by atomic mass is 10.2. The standard InChI is InChI=1S/C15H22N2O2/c18-13-16-7-4-10-19-15-6-3-5-14(11-15)12-17-8-1-2-9-17/h3,5-6,11,13H,1-2,4,7-10,12H2,(H,16,18). The summed E-state index contributed by atoms with van der Waals surface area (Å²) in [6.07, 6.45) is 4.19. The van der Waals surface area contributed by atoms with Gasteiger partial charge in [0.25, 0.3) is 0 Å². The molecule has 0 spiro atoms. The maximum Gasteiger partial charge on any atom is 0.207 e. The lowest BCUT2D eigenvalue weighted by Gasteiger charge is -2.15. The number of benzene rings is 1. The van der Waals surface area contributed by atoms with Gasteiger partial charge >= 0.3 is 0 Å². The van der Waals surface area contributed by atoms with Gasteiger partial charge in [0.1, 0.15) is 5.75 Å². The molecule has 0 aromatic heterocycles. The summed E-state index contributed by atoms with van der Waals surface area (Å²) in [5.41, 5.74) is 1.31. The monoisotopic (exact) mass is 262 g/mol. The first-order valence-electron chi connectivity index (χ1n) is 6.99. The van der Waals surface area contributed by atoms with Gasteiger partial charge in [0, 0.05) is 13.1 Å². The number of ether oxygens (including phenoxy) is 1. The molecule has 0 aliphatic carbocycles. The molecule has 1 aromatic carbocycles. The molecular weight excluding hydrogens is 240 g/mol. The molecular formula is C15H22N2O2. The number of amides is 1. The first-order chi connectivity index (χ1) is 9.38. The fraction of sp³-hybridized carbons (Fsp3) is 0.533. The number of nitrogens with zero attached hydrogens (tertiary/aromatic N) is 1. The second kappa shape index (κ2) is 7.79. The predicted octanol–water partition coefficient (Wildman–Crippen LogP) is 1.80. The Kier molecular flexibility index (Phi) is 5.69. The van der Waals surface area contributed by atoms with Crippen molar-refractivity contribution in [3.8, 4) is 5.75 Å². The number of rotatable bonds is 8. The Bertz CT molecular complexity index is 389. The van der Waals surface area contributed by atoms with Crippen molar-refractivity contribution in [2.45, 2.75) is 25.8 Å². The van der Waals surface area contributed by atoms with Crippen LogP contribution in [-0.2, 0) is 11.3 Å². The van der Waals surface area contributed by atoms with E-state index >= 15 is 0 Å². The quantitative estimate of drug-likeness (QED) is 0.574. The summed E-state index contributed by atoms with van der Waals surface area (Å²) in [6, 6.07) is 8.30. The third-order valence-electron chi connectivity index (χ3n) is 3.32. The molecule has 19 heavy (non-hydrogen) atoms. The van der Waals surface area contributed by atoms with Gasteiger partial charge in [0.2, 0.25) is 6.41 Å². The summed E-state index contributed by atoms with van der Waals surface area (Å²) in [6.45, 7) is 4.74. The number of carbonyl (C=O) groups excluding carboxylic acids is 1. The summed E-state index contributed by atoms with van der Waals surface area (Å²) in [4.78, 5) is 12.6. The summed E-state index contributed by atoms with van der Waals surface area (Å²) in [5, 5.41) is 2.63. The topological polar surface area (TPSA) is 41.6 Å². The third kappa shape index (κ3) is 4.91. The van der Waals surface area contributed by atoms with E-state index < -0.39 is 0 Å². The number of hydrogen-bond acceptors (Lipinski definition) is 3. The second-order valence-electron chi connectivity index (χ2n) is 4.90. The number of nitrogens with one attached hydrogen (secondary N) is 1. The fourth-order valence-corrected chi connectivity index (χ4v) is 2.36. The van der Waals surface area contributed by atoms with Crippen molar-refractivity contribution in [3.05, 3.63) is 29.8 Å². The van der Waals surface area contributed by atoms with Gasteiger partial charge in [0.15, 0.2) is 0 Å². The molecule has 1 aliphatic heterocycles. The van der Waals surface area contributed by atoms with Gasteiger partial charge in [-0.15, -0.1) is 0 Å². The van der Waals surface area contributed by atoms with E-state index in [1.54, 1.807) is 0 Å². The Labute approximate surface area is 114 Å². The van der Waals surface area contributed by atoms with Crippen LogP contribution in [0, 0.1) is 0 Å². The van der Waals surface area contributed by atoms with Crippen molar-refractivity contribution in [2.75, 3.05) is 26.2 Å². The van der Waals surface area contributed by atoms with Gasteiger partial charge in [-0.05, 0) is 50.0 Å². The third-order valence-corrected chi connectivity index (χ3v) is 3.32. The molecule has 104 valence electrons. The van der Waals surface area contributed by atoms with E-state index in [9.17, 15) is 4.79 Å². The average Bonchev–Trinajstić information content (AvgIpc) is 2.92. The minimum absolute atomic E-state index is 0.633. The Morgan fingerprint density at radius 3 is 2.95 bits per heavy atom. The van der Waals surface area contributed by atoms with E-state index in [0.29, 0.717) is 13.2 Å². The van der Waals surface area contributed by atoms with Crippen LogP contribution in [0.1, 0.15) is 24.8 Å². The molecule has 0 radical (unpaired) electrons. The second-order valence-corrected chi connectivity index (χ2v) is 4.90. The van der Waals surface area contributed by atoms with E-state index in [-0.39, 0.29) is 0 Å². The van der Waals surface area contributed by atoms with E-state index in [0.717, 1.165) is 25.1 Å². The van der Waals surface area contributed by atoms with Gasteiger partial charge in [-0.3, -0.25) is 9.69 Å². The van der Waals surface area contributed by atoms with Gasteiger partial charge < -0.3 is 10.1 Å². The molecule has 0 unspecified atom stereocenters. The Hall–Kier alpha value is -1.55. The Morgan fingerprint density at radius 1 is 1.32 bits per heavy atom. The molecule has 4 nitrogen and oxygen atoms in total. The zero-order chi connectivity index (χ0) is 13.3. The lowest BCUT2D eigenvalue weighted by Crippen LogP contribution is -2.18. The summed E-state index contributed by atoms with van der Waals surface area (Å²) >= 11 is 0. The average molecular weight is 262 g/mol. The molecule has 1 heterocycles. The molecule has 1 saturated heterocycles. The normalized spacial score (nSPS) is 15.4. The van der Waals surface area contributed by atoms with Crippen LogP contribution in [0.2, 0.25) is 0 Å². The van der Waals surface area contributed by atoms with Crippen molar-refractivity contribution in [2.24, 2.45) is 0 Å². The maximum atomic E-state index is 10.1. The molecule has 1 aromatic rings. The van der Waals surface area contributed by atoms with Gasteiger partial charge in [-0.2, -0.15) is 0 Å². The molecule has 1 N–H and O–H groups in total. The Balaban J connectivity index is 1.76. The van der Waals surface area contributed by atoms with Crippen LogP contribution in [0.25, 0.3) is 0 Å². The van der Waals surface area contributed by atoms with E-state index in [1.807, 2.05) is 12.1 Å². The smallest absolute Gasteiger partial charge is 0.207 e. The van der Waals surface area contributed by atoms with Crippen molar-refractivity contribution in [1.29, 1.82) is 0 Å². The van der Waals surface area contributed by atoms with Crippen molar-refractivity contribution in [1.82, 2.24) is 10.2 Å². The summed E-state index contributed by atoms with van der Waals surface area (Å²) < 4.78 is 5.68. The van der Waals surface area contributed by atoms with Crippen molar-refractivity contribution < 1.29 is 9.53 Å². The summed E-state index contributed by atoms with van der Waals surface area (Å²) in [5.74, 6) is 0.919. The van der Waals surface area contributed by atoms with Crippen LogP contribution < -0.4 is 10.1 Å². The molecule has 0 atom stereocenters. The zero-order valence-electron chi connectivity index (χ0n) is 11.3. The van der Waals surface area contributed by atoms with Gasteiger partial charge in [0.05, 0.1) is 6.61 Å². The number of likely N-dealkylation sites (tertiary alicyclic amines) is 1.